The Morgan fingerprint density at radius 1 is 1.44 bits per heavy atom. The number of para-hydroxylation sites is 2. The third-order valence-electron chi connectivity index (χ3n) is 2.33. The Kier molecular flexibility index (Phi) is 2.76. The second-order valence-electron chi connectivity index (χ2n) is 3.48. The van der Waals surface area contributed by atoms with E-state index in [2.05, 4.69) is 5.10 Å². The van der Waals surface area contributed by atoms with Crippen LogP contribution in [-0.4, -0.2) is 27.6 Å². The molecule has 0 saturated heterocycles. The number of nitro benzene ring substituents is 1. The molecule has 0 spiro atoms. The van der Waals surface area contributed by atoms with Crippen LogP contribution in [0.2, 0.25) is 0 Å². The minimum Gasteiger partial charge on any atom is -0.477 e. The van der Waals surface area contributed by atoms with Crippen LogP contribution in [0.3, 0.4) is 0 Å². The van der Waals surface area contributed by atoms with Gasteiger partial charge in [-0.15, -0.1) is 0 Å². The van der Waals surface area contributed by atoms with Crippen molar-refractivity contribution >= 4 is 29.0 Å². The van der Waals surface area contributed by atoms with Gasteiger partial charge in [0.25, 0.3) is 11.6 Å². The maximum Gasteiger partial charge on any atom is 0.352 e. The van der Waals surface area contributed by atoms with E-state index in [1.807, 2.05) is 0 Å². The van der Waals surface area contributed by atoms with E-state index in [1.165, 1.54) is 24.3 Å². The van der Waals surface area contributed by atoms with Crippen LogP contribution in [-0.2, 0) is 9.59 Å². The lowest BCUT2D eigenvalue weighted by Gasteiger charge is -2.11. The molecule has 8 nitrogen and oxygen atoms in total. The number of carboxylic acid groups (broad SMARTS) is 1. The molecular formula is C10H7N3O5. The summed E-state index contributed by atoms with van der Waals surface area (Å²) in [7, 11) is 0. The van der Waals surface area contributed by atoms with Crippen molar-refractivity contribution in [3.05, 3.63) is 34.4 Å². The summed E-state index contributed by atoms with van der Waals surface area (Å²) in [5.74, 6) is -1.92. The highest BCUT2D eigenvalue weighted by Crippen LogP contribution is 2.30. The van der Waals surface area contributed by atoms with Gasteiger partial charge in [-0.25, -0.2) is 4.79 Å². The van der Waals surface area contributed by atoms with Crippen molar-refractivity contribution < 1.29 is 19.6 Å². The summed E-state index contributed by atoms with van der Waals surface area (Å²) < 4.78 is 0. The molecule has 8 heteroatoms. The Bertz CT molecular complexity index is 581. The topological polar surface area (TPSA) is 113 Å². The van der Waals surface area contributed by atoms with E-state index in [1.54, 1.807) is 0 Å². The zero-order chi connectivity index (χ0) is 13.3. The number of amides is 1. The van der Waals surface area contributed by atoms with Crippen LogP contribution in [0, 0.1) is 10.1 Å². The number of aliphatic carboxylic acids is 1. The molecule has 1 amide bonds. The van der Waals surface area contributed by atoms with Gasteiger partial charge in [0.2, 0.25) is 0 Å². The predicted octanol–water partition coefficient (Wildman–Crippen LogP) is 0.772. The number of nitro groups is 1. The number of nitrogens with zero attached hydrogens (tertiary/aromatic N) is 3. The molecule has 18 heavy (non-hydrogen) atoms. The van der Waals surface area contributed by atoms with E-state index in [0.717, 1.165) is 5.01 Å². The molecule has 0 fully saturated rings. The number of carboxylic acids is 1. The summed E-state index contributed by atoms with van der Waals surface area (Å²) in [6.45, 7) is 0. The van der Waals surface area contributed by atoms with Gasteiger partial charge in [-0.2, -0.15) is 10.1 Å². The number of carbonyl (C=O) groups is 2. The smallest absolute Gasteiger partial charge is 0.352 e. The first-order chi connectivity index (χ1) is 8.50. The standard InChI is InChI=1S/C10H7N3O5/c14-9-5-6(10(15)16)11-12(9)7-3-1-2-4-8(7)13(17)18/h1-4H,5H2,(H,15,16). The van der Waals surface area contributed by atoms with Gasteiger partial charge in [-0.3, -0.25) is 14.9 Å². The highest BCUT2D eigenvalue weighted by molar-refractivity contribution is 6.42. The van der Waals surface area contributed by atoms with Gasteiger partial charge in [-0.05, 0) is 6.07 Å². The van der Waals surface area contributed by atoms with Crippen molar-refractivity contribution in [3.8, 4) is 0 Å². The normalized spacial score (nSPS) is 14.6. The fourth-order valence-electron chi connectivity index (χ4n) is 1.53. The number of hydrogen-bond donors (Lipinski definition) is 1. The Hall–Kier alpha value is -2.77. The monoisotopic (exact) mass is 249 g/mol. The third kappa shape index (κ3) is 1.90. The number of rotatable bonds is 3. The molecular weight excluding hydrogens is 242 g/mol. The number of hydrogen-bond acceptors (Lipinski definition) is 5. The van der Waals surface area contributed by atoms with Crippen LogP contribution in [0.25, 0.3) is 0 Å². The van der Waals surface area contributed by atoms with Crippen LogP contribution < -0.4 is 5.01 Å². The molecule has 0 radical (unpaired) electrons. The summed E-state index contributed by atoms with van der Waals surface area (Å²) in [6.07, 6.45) is -0.374. The average Bonchev–Trinajstić information content (AvgIpc) is 2.71. The van der Waals surface area contributed by atoms with E-state index >= 15 is 0 Å². The molecule has 0 aliphatic carbocycles. The minimum atomic E-state index is -1.32. The average molecular weight is 249 g/mol. The quantitative estimate of drug-likeness (QED) is 0.627. The molecule has 0 saturated carbocycles. The molecule has 1 aromatic rings. The van der Waals surface area contributed by atoms with Crippen molar-refractivity contribution in [2.45, 2.75) is 6.42 Å². The van der Waals surface area contributed by atoms with Crippen molar-refractivity contribution in [2.75, 3.05) is 5.01 Å². The second kappa shape index (κ2) is 4.24. The number of carbonyl (C=O) groups excluding carboxylic acids is 1. The van der Waals surface area contributed by atoms with Gasteiger partial charge >= 0.3 is 5.97 Å². The fraction of sp³-hybridized carbons (Fsp3) is 0.100. The van der Waals surface area contributed by atoms with E-state index in [0.29, 0.717) is 0 Å². The molecule has 2 rings (SSSR count). The molecule has 0 aromatic heterocycles. The number of hydrazone groups is 1. The fourth-order valence-corrected chi connectivity index (χ4v) is 1.53. The Balaban J connectivity index is 2.47. The lowest BCUT2D eigenvalue weighted by atomic mass is 10.2. The maximum absolute atomic E-state index is 11.6. The van der Waals surface area contributed by atoms with E-state index in [9.17, 15) is 19.7 Å². The first kappa shape index (κ1) is 11.7. The van der Waals surface area contributed by atoms with Gasteiger partial charge in [0.15, 0.2) is 5.71 Å². The third-order valence-corrected chi connectivity index (χ3v) is 2.33. The molecule has 1 aliphatic heterocycles. The van der Waals surface area contributed by atoms with Crippen molar-refractivity contribution in [3.63, 3.8) is 0 Å². The van der Waals surface area contributed by atoms with Crippen LogP contribution >= 0.6 is 0 Å². The highest BCUT2D eigenvalue weighted by atomic mass is 16.6. The van der Waals surface area contributed by atoms with Crippen LogP contribution in [0.5, 0.6) is 0 Å². The molecule has 1 aromatic carbocycles. The Morgan fingerprint density at radius 2 is 2.11 bits per heavy atom. The molecule has 92 valence electrons. The second-order valence-corrected chi connectivity index (χ2v) is 3.48. The Labute approximate surface area is 100 Å². The van der Waals surface area contributed by atoms with Gasteiger partial charge in [0, 0.05) is 6.07 Å². The van der Waals surface area contributed by atoms with Crippen molar-refractivity contribution in [2.24, 2.45) is 5.10 Å². The zero-order valence-corrected chi connectivity index (χ0v) is 8.94. The largest absolute Gasteiger partial charge is 0.477 e. The van der Waals surface area contributed by atoms with Crippen molar-refractivity contribution in [1.82, 2.24) is 0 Å². The maximum atomic E-state index is 11.6. The first-order valence-electron chi connectivity index (χ1n) is 4.88. The van der Waals surface area contributed by atoms with E-state index in [-0.39, 0.29) is 23.5 Å². The van der Waals surface area contributed by atoms with E-state index < -0.39 is 16.8 Å². The molecule has 1 N–H and O–H groups in total. The summed E-state index contributed by atoms with van der Waals surface area (Å²) in [6, 6.07) is 5.51. The lowest BCUT2D eigenvalue weighted by Crippen LogP contribution is -2.20. The molecule has 0 atom stereocenters. The summed E-state index contributed by atoms with van der Waals surface area (Å²) in [5.41, 5.74) is -0.678. The minimum absolute atomic E-state index is 0.0382. The van der Waals surface area contributed by atoms with Crippen LogP contribution in [0.15, 0.2) is 29.4 Å². The first-order valence-corrected chi connectivity index (χ1v) is 4.88. The zero-order valence-electron chi connectivity index (χ0n) is 8.94. The van der Waals surface area contributed by atoms with Crippen molar-refractivity contribution in [1.29, 1.82) is 0 Å². The SMILES string of the molecule is O=C(O)C1=NN(c2ccccc2[N+](=O)[O-])C(=O)C1. The summed E-state index contributed by atoms with van der Waals surface area (Å²) in [4.78, 5) is 32.4. The van der Waals surface area contributed by atoms with E-state index in [4.69, 9.17) is 5.11 Å². The predicted molar refractivity (Wildman–Crippen MR) is 60.3 cm³/mol. The van der Waals surface area contributed by atoms with Gasteiger partial charge in [-0.1, -0.05) is 12.1 Å². The summed E-state index contributed by atoms with van der Waals surface area (Å²) in [5, 5.41) is 23.9. The molecule has 0 bridgehead atoms. The Morgan fingerprint density at radius 3 is 2.67 bits per heavy atom. The summed E-state index contributed by atoms with van der Waals surface area (Å²) >= 11 is 0. The number of anilines is 1. The van der Waals surface area contributed by atoms with Gasteiger partial charge in [0.1, 0.15) is 5.69 Å². The van der Waals surface area contributed by atoms with Gasteiger partial charge < -0.3 is 5.11 Å². The van der Waals surface area contributed by atoms with Gasteiger partial charge in [0.05, 0.1) is 11.3 Å². The number of benzene rings is 1. The molecule has 0 unspecified atom stereocenters. The van der Waals surface area contributed by atoms with Crippen LogP contribution in [0.4, 0.5) is 11.4 Å². The lowest BCUT2D eigenvalue weighted by molar-refractivity contribution is -0.384. The molecule has 1 heterocycles. The van der Waals surface area contributed by atoms with Crippen LogP contribution in [0.1, 0.15) is 6.42 Å². The highest BCUT2D eigenvalue weighted by Gasteiger charge is 2.32. The molecule has 1 aliphatic rings.